The fourth-order valence-electron chi connectivity index (χ4n) is 0. The summed E-state index contributed by atoms with van der Waals surface area (Å²) in [6, 6.07) is 0. The van der Waals surface area contributed by atoms with Crippen molar-refractivity contribution >= 4 is 6.22 Å². The molecule has 5 heavy (non-hydrogen) atoms. The second-order valence-electron chi connectivity index (χ2n) is 0.238. The van der Waals surface area contributed by atoms with Crippen molar-refractivity contribution in [3.63, 3.8) is 0 Å². The predicted molar refractivity (Wildman–Crippen MR) is 6.50 cm³/mol. The largest absolute Gasteiger partial charge is 1.00 e. The van der Waals surface area contributed by atoms with Crippen molar-refractivity contribution in [1.82, 2.24) is 0 Å². The van der Waals surface area contributed by atoms with Crippen LogP contribution in [-0.4, -0.2) is 6.22 Å². The summed E-state index contributed by atoms with van der Waals surface area (Å²) in [6.45, 7) is 0. The van der Waals surface area contributed by atoms with Crippen molar-refractivity contribution in [3.05, 3.63) is 0 Å². The molecule has 0 aliphatic heterocycles. The molecule has 0 N–H and O–H groups in total. The van der Waals surface area contributed by atoms with Crippen LogP contribution in [0.25, 0.3) is 0 Å². The summed E-state index contributed by atoms with van der Waals surface area (Å²) in [5.41, 5.74) is 0. The van der Waals surface area contributed by atoms with E-state index in [0.29, 0.717) is 0 Å². The van der Waals surface area contributed by atoms with Crippen molar-refractivity contribution in [1.29, 1.82) is 0 Å². The number of hydrogen-bond acceptors (Lipinski definition) is 2. The van der Waals surface area contributed by atoms with Crippen LogP contribution in [0, 0.1) is 0 Å². The summed E-state index contributed by atoms with van der Waals surface area (Å²) in [7, 11) is 0. The van der Waals surface area contributed by atoms with E-state index < -0.39 is 6.22 Å². The van der Waals surface area contributed by atoms with Gasteiger partial charge in [0, 0.05) is 0 Å². The first-order chi connectivity index (χ1) is 1.73. The predicted octanol–water partition coefficient (Wildman–Crippen LogP) is -3.70. The Balaban J connectivity index is 0. The molecule has 0 rings (SSSR count). The zero-order valence-electron chi connectivity index (χ0n) is 2.69. The monoisotopic (exact) mass is 70.0 g/mol. The van der Waals surface area contributed by atoms with E-state index in [9.17, 15) is 4.39 Å². The van der Waals surface area contributed by atoms with E-state index in [1.54, 1.807) is 0 Å². The summed E-state index contributed by atoms with van der Waals surface area (Å²) >= 11 is 0. The Morgan fingerprint density at radius 2 is 1.80 bits per heavy atom. The molecule has 0 amide bonds. The standard InChI is InChI=1S/CHFO2.Li/c2-1(3)4;/h(H,3,4);/q;+1/p-1. The number of hydrogen-bond donors (Lipinski definition) is 0. The topological polar surface area (TPSA) is 40.1 Å². The van der Waals surface area contributed by atoms with Crippen molar-refractivity contribution in [2.24, 2.45) is 0 Å². The normalized spacial score (nSPS) is 5.00. The molecule has 24 valence electrons. The Hall–Kier alpha value is -0.00260. The molecule has 0 unspecified atom stereocenters. The summed E-state index contributed by atoms with van der Waals surface area (Å²) in [6.07, 6.45) is -2.58. The van der Waals surface area contributed by atoms with Gasteiger partial charge in [0.15, 0.2) is 0 Å². The molecule has 0 radical (unpaired) electrons. The van der Waals surface area contributed by atoms with Gasteiger partial charge in [-0.2, -0.15) is 4.39 Å². The average molecular weight is 69.9 g/mol. The van der Waals surface area contributed by atoms with Gasteiger partial charge < -0.3 is 9.90 Å². The molecule has 0 saturated heterocycles. The molecule has 0 spiro atoms. The van der Waals surface area contributed by atoms with Crippen molar-refractivity contribution < 1.29 is 33.2 Å². The second-order valence-corrected chi connectivity index (χ2v) is 0.238. The molecule has 2 nitrogen and oxygen atoms in total. The molecule has 0 aromatic carbocycles. The molecule has 0 aliphatic carbocycles. The Bertz CT molecular complexity index is 32.6. The molecule has 0 heterocycles. The maximum atomic E-state index is 9.81. The maximum Gasteiger partial charge on any atom is 1.00 e. The van der Waals surface area contributed by atoms with Crippen molar-refractivity contribution in [3.8, 4) is 0 Å². The van der Waals surface area contributed by atoms with Gasteiger partial charge in [0.25, 0.3) is 0 Å². The molecule has 0 aliphatic rings. The first-order valence-corrected chi connectivity index (χ1v) is 0.597. The smallest absolute Gasteiger partial charge is 0.520 e. The third kappa shape index (κ3) is 2360000. The third-order valence-corrected chi connectivity index (χ3v) is 0. The Kier molecular flexibility index (Phi) is 7.11. The van der Waals surface area contributed by atoms with Gasteiger partial charge in [0.1, 0.15) is 0 Å². The van der Waals surface area contributed by atoms with Crippen LogP contribution in [0.4, 0.5) is 9.18 Å². The zero-order valence-corrected chi connectivity index (χ0v) is 2.69. The second kappa shape index (κ2) is 4.00. The Morgan fingerprint density at radius 3 is 1.80 bits per heavy atom. The van der Waals surface area contributed by atoms with E-state index in [2.05, 4.69) is 0 Å². The van der Waals surface area contributed by atoms with Gasteiger partial charge in [-0.1, -0.05) is 0 Å². The first kappa shape index (κ1) is 8.89. The third-order valence-electron chi connectivity index (χ3n) is 0. The van der Waals surface area contributed by atoms with E-state index in [1.165, 1.54) is 0 Å². The van der Waals surface area contributed by atoms with Crippen LogP contribution >= 0.6 is 0 Å². The van der Waals surface area contributed by atoms with E-state index in [-0.39, 0.29) is 18.9 Å². The first-order valence-electron chi connectivity index (χ1n) is 0.597. The number of carbonyl (C=O) groups is 1. The number of carbonyl (C=O) groups excluding carboxylic acids is 1. The van der Waals surface area contributed by atoms with Gasteiger partial charge in [-0.3, -0.25) is 0 Å². The van der Waals surface area contributed by atoms with Crippen LogP contribution in [0.15, 0.2) is 0 Å². The van der Waals surface area contributed by atoms with Crippen LogP contribution in [-0.2, 0) is 0 Å². The van der Waals surface area contributed by atoms with Gasteiger partial charge in [-0.15, -0.1) is 0 Å². The van der Waals surface area contributed by atoms with E-state index in [0.717, 1.165) is 0 Å². The van der Waals surface area contributed by atoms with Crippen LogP contribution in [0.3, 0.4) is 0 Å². The van der Waals surface area contributed by atoms with E-state index in [4.69, 9.17) is 9.90 Å². The van der Waals surface area contributed by atoms with Gasteiger partial charge in [-0.25, -0.2) is 0 Å². The van der Waals surface area contributed by atoms with E-state index >= 15 is 0 Å². The van der Waals surface area contributed by atoms with Crippen molar-refractivity contribution in [2.75, 3.05) is 0 Å². The van der Waals surface area contributed by atoms with Gasteiger partial charge >= 0.3 is 18.9 Å². The van der Waals surface area contributed by atoms with Gasteiger partial charge in [-0.05, 0) is 0 Å². The molecule has 0 aromatic rings. The Morgan fingerprint density at radius 1 is 1.80 bits per heavy atom. The molecule has 0 bridgehead atoms. The molecule has 0 saturated carbocycles. The molecule has 0 atom stereocenters. The summed E-state index contributed by atoms with van der Waals surface area (Å²) in [4.78, 5) is 8.22. The van der Waals surface area contributed by atoms with Crippen molar-refractivity contribution in [2.45, 2.75) is 0 Å². The van der Waals surface area contributed by atoms with E-state index in [1.807, 2.05) is 0 Å². The summed E-state index contributed by atoms with van der Waals surface area (Å²) < 4.78 is 9.81. The SMILES string of the molecule is O=C([O-])F.[Li+]. The van der Waals surface area contributed by atoms with Gasteiger partial charge in [0.2, 0.25) is 6.22 Å². The molecule has 0 fully saturated rings. The van der Waals surface area contributed by atoms with Crippen LogP contribution in [0.5, 0.6) is 0 Å². The number of carboxylic acid groups (broad SMARTS) is 1. The van der Waals surface area contributed by atoms with Crippen LogP contribution in [0.1, 0.15) is 0 Å². The quantitative estimate of drug-likeness (QED) is 0.217. The fourth-order valence-corrected chi connectivity index (χ4v) is 0. The molecule has 0 aromatic heterocycles. The van der Waals surface area contributed by atoms with Crippen LogP contribution < -0.4 is 24.0 Å². The maximum absolute atomic E-state index is 9.81. The molecular formula is CFLiO2. The minimum absolute atomic E-state index is 0. The summed E-state index contributed by atoms with van der Waals surface area (Å²) in [5, 5.41) is 8.22. The summed E-state index contributed by atoms with van der Waals surface area (Å²) in [5.74, 6) is 0. The molecular weight excluding hydrogens is 69.9 g/mol. The average Bonchev–Trinajstić information content (AvgIpc) is 0.811. The number of halogens is 1. The minimum Gasteiger partial charge on any atom is -0.520 e. The number of rotatable bonds is 0. The zero-order chi connectivity index (χ0) is 3.58. The molecule has 4 heteroatoms. The van der Waals surface area contributed by atoms with Crippen LogP contribution in [0.2, 0.25) is 0 Å². The minimum atomic E-state index is -2.58. The van der Waals surface area contributed by atoms with Gasteiger partial charge in [0.05, 0.1) is 0 Å². The fraction of sp³-hybridized carbons (Fsp3) is 0. The Labute approximate surface area is 40.2 Å².